The van der Waals surface area contributed by atoms with Crippen LogP contribution in [0.4, 0.5) is 5.69 Å². The lowest BCUT2D eigenvalue weighted by Gasteiger charge is -2.24. The van der Waals surface area contributed by atoms with E-state index in [1.54, 1.807) is 47.4 Å². The zero-order valence-electron chi connectivity index (χ0n) is 14.2. The summed E-state index contributed by atoms with van der Waals surface area (Å²) in [6.45, 7) is 0. The van der Waals surface area contributed by atoms with Crippen molar-refractivity contribution in [1.29, 1.82) is 0 Å². The van der Waals surface area contributed by atoms with E-state index in [-0.39, 0.29) is 10.8 Å². The summed E-state index contributed by atoms with van der Waals surface area (Å²) in [5.74, 6) is -0.0237. The first-order chi connectivity index (χ1) is 12.0. The number of anilines is 1. The number of nitrogens with zero attached hydrogens (tertiary/aromatic N) is 1. The summed E-state index contributed by atoms with van der Waals surface area (Å²) in [5.41, 5.74) is 1.00. The fraction of sp³-hybridized carbons (Fsp3) is 0.316. The van der Waals surface area contributed by atoms with Crippen molar-refractivity contribution in [3.8, 4) is 0 Å². The Morgan fingerprint density at radius 1 is 1.00 bits per heavy atom. The van der Waals surface area contributed by atoms with E-state index in [0.29, 0.717) is 17.3 Å². The van der Waals surface area contributed by atoms with Crippen molar-refractivity contribution >= 4 is 21.6 Å². The fourth-order valence-corrected chi connectivity index (χ4v) is 4.24. The maximum atomic E-state index is 12.5. The molecule has 0 spiro atoms. The molecule has 25 heavy (non-hydrogen) atoms. The van der Waals surface area contributed by atoms with Gasteiger partial charge in [0.15, 0.2) is 0 Å². The molecule has 0 radical (unpaired) electrons. The zero-order chi connectivity index (χ0) is 17.9. The molecule has 0 atom stereocenters. The Bertz CT molecular complexity index is 827. The van der Waals surface area contributed by atoms with Crippen LogP contribution in [0, 0.1) is 0 Å². The Labute approximate surface area is 148 Å². The first kappa shape index (κ1) is 17.5. The maximum Gasteiger partial charge on any atom is 0.261 e. The Morgan fingerprint density at radius 2 is 1.60 bits per heavy atom. The molecule has 1 fully saturated rings. The Hall–Kier alpha value is -2.34. The molecule has 0 saturated heterocycles. The van der Waals surface area contributed by atoms with E-state index in [4.69, 9.17) is 0 Å². The van der Waals surface area contributed by atoms with E-state index in [0.717, 1.165) is 12.8 Å². The highest BCUT2D eigenvalue weighted by Gasteiger charge is 2.24. The standard InChI is InChI=1S/C19H22N2O3S/c1-21(17-7-5-6-8-17)19(22)15-11-13-16(14-12-15)20-25(23,24)18-9-3-2-4-10-18/h2-4,9-14,17,20H,5-8H2,1H3. The van der Waals surface area contributed by atoms with Crippen molar-refractivity contribution in [2.24, 2.45) is 0 Å². The minimum atomic E-state index is -3.62. The van der Waals surface area contributed by atoms with E-state index in [1.165, 1.54) is 25.0 Å². The predicted molar refractivity (Wildman–Crippen MR) is 98.0 cm³/mol. The molecule has 132 valence electrons. The number of amides is 1. The summed E-state index contributed by atoms with van der Waals surface area (Å²) < 4.78 is 27.2. The first-order valence-electron chi connectivity index (χ1n) is 8.42. The van der Waals surface area contributed by atoms with Crippen LogP contribution in [0.25, 0.3) is 0 Å². The molecule has 1 aliphatic rings. The molecule has 3 rings (SSSR count). The number of sulfonamides is 1. The maximum absolute atomic E-state index is 12.5. The van der Waals surface area contributed by atoms with Crippen LogP contribution in [-0.2, 0) is 10.0 Å². The molecule has 0 heterocycles. The van der Waals surface area contributed by atoms with Gasteiger partial charge in [0.1, 0.15) is 0 Å². The van der Waals surface area contributed by atoms with E-state index in [1.807, 2.05) is 7.05 Å². The van der Waals surface area contributed by atoms with E-state index < -0.39 is 10.0 Å². The lowest BCUT2D eigenvalue weighted by molar-refractivity contribution is 0.0735. The van der Waals surface area contributed by atoms with Crippen molar-refractivity contribution in [3.05, 3.63) is 60.2 Å². The Balaban J connectivity index is 1.71. The molecule has 1 N–H and O–H groups in total. The second kappa shape index (κ2) is 7.27. The van der Waals surface area contributed by atoms with Gasteiger partial charge < -0.3 is 4.90 Å². The SMILES string of the molecule is CN(C(=O)c1ccc(NS(=O)(=O)c2ccccc2)cc1)C1CCCC1. The third-order valence-electron chi connectivity index (χ3n) is 4.63. The zero-order valence-corrected chi connectivity index (χ0v) is 15.0. The molecule has 2 aromatic rings. The van der Waals surface area contributed by atoms with Crippen molar-refractivity contribution < 1.29 is 13.2 Å². The smallest absolute Gasteiger partial charge is 0.261 e. The number of benzene rings is 2. The molecule has 0 aromatic heterocycles. The number of rotatable bonds is 5. The molecule has 5 nitrogen and oxygen atoms in total. The predicted octanol–water partition coefficient (Wildman–Crippen LogP) is 3.50. The van der Waals surface area contributed by atoms with Crippen molar-refractivity contribution in [3.63, 3.8) is 0 Å². The molecule has 0 bridgehead atoms. The van der Waals surface area contributed by atoms with E-state index >= 15 is 0 Å². The number of hydrogen-bond acceptors (Lipinski definition) is 3. The van der Waals surface area contributed by atoms with Crippen LogP contribution >= 0.6 is 0 Å². The summed E-state index contributed by atoms with van der Waals surface area (Å²) in [4.78, 5) is 14.5. The minimum Gasteiger partial charge on any atom is -0.339 e. The summed E-state index contributed by atoms with van der Waals surface area (Å²) in [6.07, 6.45) is 4.44. The lowest BCUT2D eigenvalue weighted by Crippen LogP contribution is -2.35. The van der Waals surface area contributed by atoms with Gasteiger partial charge in [0.2, 0.25) is 0 Å². The summed E-state index contributed by atoms with van der Waals surface area (Å²) in [6, 6.07) is 15.1. The fourth-order valence-electron chi connectivity index (χ4n) is 3.16. The first-order valence-corrected chi connectivity index (χ1v) is 9.91. The second-order valence-corrected chi connectivity index (χ2v) is 8.03. The number of carbonyl (C=O) groups is 1. The van der Waals surface area contributed by atoms with Gasteiger partial charge in [0, 0.05) is 24.3 Å². The lowest BCUT2D eigenvalue weighted by atomic mass is 10.1. The molecular weight excluding hydrogens is 336 g/mol. The third-order valence-corrected chi connectivity index (χ3v) is 6.03. The highest BCUT2D eigenvalue weighted by molar-refractivity contribution is 7.92. The average Bonchev–Trinajstić information content (AvgIpc) is 3.16. The normalized spacial score (nSPS) is 15.1. The minimum absolute atomic E-state index is 0.0237. The molecule has 2 aromatic carbocycles. The molecule has 6 heteroatoms. The van der Waals surface area contributed by atoms with Gasteiger partial charge in [-0.2, -0.15) is 0 Å². The monoisotopic (exact) mass is 358 g/mol. The summed E-state index contributed by atoms with van der Waals surface area (Å²) in [5, 5.41) is 0. The van der Waals surface area contributed by atoms with Crippen molar-refractivity contribution in [2.75, 3.05) is 11.8 Å². The van der Waals surface area contributed by atoms with Gasteiger partial charge in [-0.25, -0.2) is 8.42 Å². The molecule has 1 aliphatic carbocycles. The van der Waals surface area contributed by atoms with Gasteiger partial charge in [0.05, 0.1) is 4.90 Å². The third kappa shape index (κ3) is 4.02. The van der Waals surface area contributed by atoms with Crippen LogP contribution in [0.15, 0.2) is 59.5 Å². The number of hydrogen-bond donors (Lipinski definition) is 1. The van der Waals surface area contributed by atoms with Gasteiger partial charge in [-0.15, -0.1) is 0 Å². The molecule has 0 unspecified atom stereocenters. The topological polar surface area (TPSA) is 66.5 Å². The Morgan fingerprint density at radius 3 is 2.20 bits per heavy atom. The van der Waals surface area contributed by atoms with Gasteiger partial charge >= 0.3 is 0 Å². The highest BCUT2D eigenvalue weighted by atomic mass is 32.2. The van der Waals surface area contributed by atoms with Crippen LogP contribution < -0.4 is 4.72 Å². The number of nitrogens with one attached hydrogen (secondary N) is 1. The average molecular weight is 358 g/mol. The van der Waals surface area contributed by atoms with Crippen molar-refractivity contribution in [1.82, 2.24) is 4.90 Å². The van der Waals surface area contributed by atoms with Crippen LogP contribution in [0.2, 0.25) is 0 Å². The van der Waals surface area contributed by atoms with E-state index in [2.05, 4.69) is 4.72 Å². The second-order valence-electron chi connectivity index (χ2n) is 6.35. The summed E-state index contributed by atoms with van der Waals surface area (Å²) >= 11 is 0. The quantitative estimate of drug-likeness (QED) is 0.889. The summed E-state index contributed by atoms with van der Waals surface area (Å²) in [7, 11) is -1.78. The molecule has 0 aliphatic heterocycles. The van der Waals surface area contributed by atoms with E-state index in [9.17, 15) is 13.2 Å². The molecule has 1 amide bonds. The van der Waals surface area contributed by atoms with Gasteiger partial charge in [0.25, 0.3) is 15.9 Å². The van der Waals surface area contributed by atoms with Crippen LogP contribution in [0.1, 0.15) is 36.0 Å². The van der Waals surface area contributed by atoms with Crippen LogP contribution in [0.5, 0.6) is 0 Å². The Kier molecular flexibility index (Phi) is 5.08. The van der Waals surface area contributed by atoms with Crippen molar-refractivity contribution in [2.45, 2.75) is 36.6 Å². The van der Waals surface area contributed by atoms with Gasteiger partial charge in [-0.05, 0) is 49.2 Å². The number of carbonyl (C=O) groups excluding carboxylic acids is 1. The molecule has 1 saturated carbocycles. The van der Waals surface area contributed by atoms with Gasteiger partial charge in [-0.1, -0.05) is 31.0 Å². The highest BCUT2D eigenvalue weighted by Crippen LogP contribution is 2.24. The van der Waals surface area contributed by atoms with Gasteiger partial charge in [-0.3, -0.25) is 9.52 Å². The molecular formula is C19H22N2O3S. The van der Waals surface area contributed by atoms with Crippen LogP contribution in [0.3, 0.4) is 0 Å². The van der Waals surface area contributed by atoms with Crippen LogP contribution in [-0.4, -0.2) is 32.3 Å². The largest absolute Gasteiger partial charge is 0.339 e.